The molecule has 1 aliphatic rings. The Hall–Kier alpha value is -3.55. The van der Waals surface area contributed by atoms with Gasteiger partial charge in [0.15, 0.2) is 0 Å². The van der Waals surface area contributed by atoms with Crippen LogP contribution in [0.25, 0.3) is 11.3 Å². The third-order valence-electron chi connectivity index (χ3n) is 4.60. The molecule has 1 aromatic carbocycles. The minimum Gasteiger partial charge on any atom is -0.353 e. The summed E-state index contributed by atoms with van der Waals surface area (Å²) in [6.45, 7) is 2.50. The fraction of sp³-hybridized carbons (Fsp3) is 0.200. The van der Waals surface area contributed by atoms with E-state index in [1.54, 1.807) is 41.6 Å². The maximum Gasteiger partial charge on any atom is 0.322 e. The standard InChI is InChI=1S/C20H19FN6O/c21-16-5-3-15(4-6-16)18-12-19(24-14-23-18)26-8-10-27(11-9-26)20(28)25-17-2-1-7-22-13-17/h1-7,12-14H,8-11H2,(H,25,28). The zero-order chi connectivity index (χ0) is 19.3. The van der Waals surface area contributed by atoms with E-state index in [2.05, 4.69) is 25.2 Å². The van der Waals surface area contributed by atoms with Gasteiger partial charge in [-0.15, -0.1) is 0 Å². The van der Waals surface area contributed by atoms with Gasteiger partial charge in [-0.2, -0.15) is 0 Å². The van der Waals surface area contributed by atoms with Crippen LogP contribution in [0.4, 0.5) is 20.7 Å². The molecule has 1 saturated heterocycles. The highest BCUT2D eigenvalue weighted by Gasteiger charge is 2.22. The van der Waals surface area contributed by atoms with Crippen LogP contribution in [-0.4, -0.2) is 52.1 Å². The first-order valence-electron chi connectivity index (χ1n) is 8.98. The Morgan fingerprint density at radius 2 is 1.82 bits per heavy atom. The van der Waals surface area contributed by atoms with E-state index >= 15 is 0 Å². The predicted molar refractivity (Wildman–Crippen MR) is 104 cm³/mol. The topological polar surface area (TPSA) is 74.2 Å². The van der Waals surface area contributed by atoms with Crippen LogP contribution in [0, 0.1) is 5.82 Å². The number of nitrogens with one attached hydrogen (secondary N) is 1. The van der Waals surface area contributed by atoms with E-state index in [9.17, 15) is 9.18 Å². The quantitative estimate of drug-likeness (QED) is 0.758. The van der Waals surface area contributed by atoms with Crippen LogP contribution in [0.15, 0.2) is 61.2 Å². The molecule has 4 rings (SSSR count). The number of carbonyl (C=O) groups excluding carboxylic acids is 1. The molecule has 2 amide bonds. The molecular formula is C20H19FN6O. The Labute approximate surface area is 161 Å². The van der Waals surface area contributed by atoms with Crippen molar-refractivity contribution in [3.63, 3.8) is 0 Å². The molecule has 0 aliphatic carbocycles. The minimum absolute atomic E-state index is 0.137. The maximum absolute atomic E-state index is 13.1. The van der Waals surface area contributed by atoms with Gasteiger partial charge in [0.25, 0.3) is 0 Å². The molecule has 0 spiro atoms. The van der Waals surface area contributed by atoms with E-state index in [0.717, 1.165) is 17.1 Å². The zero-order valence-corrected chi connectivity index (χ0v) is 15.1. The van der Waals surface area contributed by atoms with Gasteiger partial charge in [0.1, 0.15) is 18.0 Å². The van der Waals surface area contributed by atoms with Crippen molar-refractivity contribution < 1.29 is 9.18 Å². The number of carbonyl (C=O) groups is 1. The van der Waals surface area contributed by atoms with Crippen LogP contribution in [0.5, 0.6) is 0 Å². The molecule has 3 heterocycles. The molecule has 1 N–H and O–H groups in total. The maximum atomic E-state index is 13.1. The lowest BCUT2D eigenvalue weighted by atomic mass is 10.1. The summed E-state index contributed by atoms with van der Waals surface area (Å²) < 4.78 is 13.1. The molecule has 3 aromatic rings. The fourth-order valence-corrected chi connectivity index (χ4v) is 3.08. The summed E-state index contributed by atoms with van der Waals surface area (Å²) in [5.41, 5.74) is 2.25. The second kappa shape index (κ2) is 7.99. The monoisotopic (exact) mass is 378 g/mol. The Morgan fingerprint density at radius 3 is 2.54 bits per heavy atom. The van der Waals surface area contributed by atoms with E-state index in [4.69, 9.17) is 0 Å². The van der Waals surface area contributed by atoms with E-state index < -0.39 is 0 Å². The number of rotatable bonds is 3. The number of anilines is 2. The number of hydrogen-bond donors (Lipinski definition) is 1. The molecule has 28 heavy (non-hydrogen) atoms. The SMILES string of the molecule is O=C(Nc1cccnc1)N1CCN(c2cc(-c3ccc(F)cc3)ncn2)CC1. The smallest absolute Gasteiger partial charge is 0.322 e. The van der Waals surface area contributed by atoms with Crippen molar-refractivity contribution in [2.75, 3.05) is 36.4 Å². The molecule has 1 aliphatic heterocycles. The highest BCUT2D eigenvalue weighted by Crippen LogP contribution is 2.22. The second-order valence-electron chi connectivity index (χ2n) is 6.41. The average molecular weight is 378 g/mol. The highest BCUT2D eigenvalue weighted by atomic mass is 19.1. The van der Waals surface area contributed by atoms with Crippen molar-refractivity contribution in [2.45, 2.75) is 0 Å². The molecule has 0 bridgehead atoms. The number of amides is 2. The van der Waals surface area contributed by atoms with Gasteiger partial charge < -0.3 is 15.1 Å². The molecule has 2 aromatic heterocycles. The summed E-state index contributed by atoms with van der Waals surface area (Å²) in [6, 6.07) is 11.6. The van der Waals surface area contributed by atoms with E-state index in [1.807, 2.05) is 6.07 Å². The van der Waals surface area contributed by atoms with Crippen LogP contribution in [0.1, 0.15) is 0 Å². The van der Waals surface area contributed by atoms with Gasteiger partial charge in [-0.25, -0.2) is 19.2 Å². The summed E-state index contributed by atoms with van der Waals surface area (Å²) in [5, 5.41) is 2.85. The van der Waals surface area contributed by atoms with Crippen molar-refractivity contribution in [3.05, 3.63) is 67.0 Å². The number of hydrogen-bond acceptors (Lipinski definition) is 5. The number of halogens is 1. The highest BCUT2D eigenvalue weighted by molar-refractivity contribution is 5.89. The summed E-state index contributed by atoms with van der Waals surface area (Å²) >= 11 is 0. The molecule has 0 saturated carbocycles. The number of piperazine rings is 1. The lowest BCUT2D eigenvalue weighted by Crippen LogP contribution is -2.50. The first kappa shape index (κ1) is 17.8. The van der Waals surface area contributed by atoms with Gasteiger partial charge in [-0.3, -0.25) is 4.98 Å². The number of urea groups is 1. The van der Waals surface area contributed by atoms with Gasteiger partial charge in [-0.05, 0) is 36.4 Å². The van der Waals surface area contributed by atoms with Crippen molar-refractivity contribution in [3.8, 4) is 11.3 Å². The Balaban J connectivity index is 1.39. The molecule has 7 nitrogen and oxygen atoms in total. The summed E-state index contributed by atoms with van der Waals surface area (Å²) in [5.74, 6) is 0.514. The van der Waals surface area contributed by atoms with Crippen molar-refractivity contribution >= 4 is 17.5 Å². The largest absolute Gasteiger partial charge is 0.353 e. The molecule has 0 atom stereocenters. The molecule has 1 fully saturated rings. The number of nitrogens with zero attached hydrogens (tertiary/aromatic N) is 5. The molecule has 142 valence electrons. The lowest BCUT2D eigenvalue weighted by Gasteiger charge is -2.35. The fourth-order valence-electron chi connectivity index (χ4n) is 3.08. The average Bonchev–Trinajstić information content (AvgIpc) is 2.75. The van der Waals surface area contributed by atoms with Crippen LogP contribution in [0.2, 0.25) is 0 Å². The third kappa shape index (κ3) is 4.06. The van der Waals surface area contributed by atoms with Gasteiger partial charge in [-0.1, -0.05) is 0 Å². The van der Waals surface area contributed by atoms with Crippen molar-refractivity contribution in [1.29, 1.82) is 0 Å². The summed E-state index contributed by atoms with van der Waals surface area (Å²) in [4.78, 5) is 28.9. The summed E-state index contributed by atoms with van der Waals surface area (Å²) in [6.07, 6.45) is 4.79. The van der Waals surface area contributed by atoms with E-state index in [-0.39, 0.29) is 11.8 Å². The first-order chi connectivity index (χ1) is 13.7. The minimum atomic E-state index is -0.279. The van der Waals surface area contributed by atoms with E-state index in [0.29, 0.717) is 31.9 Å². The van der Waals surface area contributed by atoms with Crippen molar-refractivity contribution in [2.24, 2.45) is 0 Å². The third-order valence-corrected chi connectivity index (χ3v) is 4.60. The van der Waals surface area contributed by atoms with E-state index in [1.165, 1.54) is 18.5 Å². The lowest BCUT2D eigenvalue weighted by molar-refractivity contribution is 0.208. The number of pyridine rings is 1. The number of benzene rings is 1. The Morgan fingerprint density at radius 1 is 1.04 bits per heavy atom. The van der Waals surface area contributed by atoms with Gasteiger partial charge in [0.05, 0.1) is 17.6 Å². The first-order valence-corrected chi connectivity index (χ1v) is 8.98. The summed E-state index contributed by atoms with van der Waals surface area (Å²) in [7, 11) is 0. The molecule has 0 radical (unpaired) electrons. The van der Waals surface area contributed by atoms with Gasteiger partial charge in [0, 0.05) is 44.0 Å². The second-order valence-corrected chi connectivity index (χ2v) is 6.41. The molecule has 8 heteroatoms. The van der Waals surface area contributed by atoms with Gasteiger partial charge in [0.2, 0.25) is 0 Å². The zero-order valence-electron chi connectivity index (χ0n) is 15.1. The van der Waals surface area contributed by atoms with Crippen LogP contribution in [0.3, 0.4) is 0 Å². The predicted octanol–water partition coefficient (Wildman–Crippen LogP) is 3.03. The Bertz CT molecular complexity index is 942. The van der Waals surface area contributed by atoms with Crippen LogP contribution in [-0.2, 0) is 0 Å². The molecule has 0 unspecified atom stereocenters. The van der Waals surface area contributed by atoms with Crippen molar-refractivity contribution in [1.82, 2.24) is 19.9 Å². The number of aromatic nitrogens is 3. The molecular weight excluding hydrogens is 359 g/mol. The normalized spacial score (nSPS) is 14.0. The van der Waals surface area contributed by atoms with Crippen LogP contribution < -0.4 is 10.2 Å². The van der Waals surface area contributed by atoms with Crippen LogP contribution >= 0.6 is 0 Å². The van der Waals surface area contributed by atoms with Gasteiger partial charge >= 0.3 is 6.03 Å². The Kier molecular flexibility index (Phi) is 5.09.